The molecule has 1 aliphatic carbocycles. The third-order valence-electron chi connectivity index (χ3n) is 3.97. The van der Waals surface area contributed by atoms with Gasteiger partial charge in [0.2, 0.25) is 0 Å². The molecule has 19 heavy (non-hydrogen) atoms. The molecule has 2 atom stereocenters. The Hall–Kier alpha value is -1.16. The minimum absolute atomic E-state index is 0.0567. The molecular formula is C15H20O3S. The van der Waals surface area contributed by atoms with Crippen LogP contribution in [0.3, 0.4) is 0 Å². The molecule has 104 valence electrons. The van der Waals surface area contributed by atoms with Gasteiger partial charge in [0.1, 0.15) is 5.25 Å². The Bertz CT molecular complexity index is 570. The van der Waals surface area contributed by atoms with Crippen molar-refractivity contribution in [3.8, 4) is 0 Å². The molecule has 3 nitrogen and oxygen atoms in total. The van der Waals surface area contributed by atoms with E-state index in [4.69, 9.17) is 0 Å². The number of carbonyl (C=O) groups excluding carboxylic acids is 1. The number of sulfone groups is 1. The fraction of sp³-hybridized carbons (Fsp3) is 0.533. The number of rotatable bonds is 3. The maximum absolute atomic E-state index is 12.7. The molecule has 0 radical (unpaired) electrons. The molecule has 0 aliphatic heterocycles. The second-order valence-electron chi connectivity index (χ2n) is 5.69. The van der Waals surface area contributed by atoms with E-state index in [1.165, 1.54) is 0 Å². The maximum atomic E-state index is 12.7. The fourth-order valence-corrected chi connectivity index (χ4v) is 4.99. The van der Waals surface area contributed by atoms with Crippen LogP contribution in [-0.2, 0) is 14.6 Å². The molecule has 1 saturated carbocycles. The van der Waals surface area contributed by atoms with E-state index in [9.17, 15) is 13.2 Å². The van der Waals surface area contributed by atoms with Gasteiger partial charge in [0, 0.05) is 6.42 Å². The lowest BCUT2D eigenvalue weighted by molar-refractivity contribution is -0.117. The van der Waals surface area contributed by atoms with E-state index in [2.05, 4.69) is 0 Å². The van der Waals surface area contributed by atoms with Crippen LogP contribution >= 0.6 is 0 Å². The molecule has 0 amide bonds. The van der Waals surface area contributed by atoms with Crippen LogP contribution in [0.25, 0.3) is 0 Å². The average molecular weight is 280 g/mol. The highest BCUT2D eigenvalue weighted by atomic mass is 32.2. The molecule has 1 fully saturated rings. The highest BCUT2D eigenvalue weighted by Crippen LogP contribution is 2.36. The van der Waals surface area contributed by atoms with Gasteiger partial charge in [-0.05, 0) is 37.3 Å². The molecule has 0 saturated heterocycles. The molecule has 0 heterocycles. The van der Waals surface area contributed by atoms with Crippen molar-refractivity contribution in [3.63, 3.8) is 0 Å². The summed E-state index contributed by atoms with van der Waals surface area (Å²) in [5.41, 5.74) is 1.01. The van der Waals surface area contributed by atoms with E-state index < -0.39 is 15.1 Å². The first-order valence-electron chi connectivity index (χ1n) is 6.67. The van der Waals surface area contributed by atoms with Crippen molar-refractivity contribution in [1.82, 2.24) is 0 Å². The largest absolute Gasteiger partial charge is 0.298 e. The van der Waals surface area contributed by atoms with Gasteiger partial charge in [-0.1, -0.05) is 31.5 Å². The van der Waals surface area contributed by atoms with Gasteiger partial charge in [-0.25, -0.2) is 8.42 Å². The zero-order chi connectivity index (χ0) is 14.2. The van der Waals surface area contributed by atoms with Crippen molar-refractivity contribution >= 4 is 15.6 Å². The smallest absolute Gasteiger partial charge is 0.188 e. The summed E-state index contributed by atoms with van der Waals surface area (Å²) in [5, 5.41) is -0.852. The van der Waals surface area contributed by atoms with Gasteiger partial charge in [-0.15, -0.1) is 0 Å². The van der Waals surface area contributed by atoms with Gasteiger partial charge in [-0.3, -0.25) is 4.79 Å². The van der Waals surface area contributed by atoms with E-state index in [0.29, 0.717) is 12.8 Å². The van der Waals surface area contributed by atoms with Crippen LogP contribution in [-0.4, -0.2) is 19.5 Å². The van der Waals surface area contributed by atoms with Crippen LogP contribution in [0.5, 0.6) is 0 Å². The van der Waals surface area contributed by atoms with Gasteiger partial charge >= 0.3 is 0 Å². The van der Waals surface area contributed by atoms with E-state index in [1.54, 1.807) is 24.3 Å². The predicted octanol–water partition coefficient (Wildman–Crippen LogP) is 2.77. The summed E-state index contributed by atoms with van der Waals surface area (Å²) >= 11 is 0. The summed E-state index contributed by atoms with van der Waals surface area (Å²) < 4.78 is 25.3. The van der Waals surface area contributed by atoms with Gasteiger partial charge in [0.25, 0.3) is 0 Å². The monoisotopic (exact) mass is 280 g/mol. The summed E-state index contributed by atoms with van der Waals surface area (Å²) in [5.74, 6) is 0.0229. The van der Waals surface area contributed by atoms with Crippen molar-refractivity contribution in [2.45, 2.75) is 43.8 Å². The molecule has 1 aromatic rings. The summed E-state index contributed by atoms with van der Waals surface area (Å²) in [6.07, 6.45) is 1.07. The Labute approximate surface area is 114 Å². The molecule has 0 N–H and O–H groups in total. The number of hydrogen-bond acceptors (Lipinski definition) is 3. The molecule has 0 bridgehead atoms. The molecule has 4 heteroatoms. The summed E-state index contributed by atoms with van der Waals surface area (Å²) in [4.78, 5) is 12.3. The summed E-state index contributed by atoms with van der Waals surface area (Å²) in [7, 11) is -3.55. The second kappa shape index (κ2) is 5.08. The summed E-state index contributed by atoms with van der Waals surface area (Å²) in [6, 6.07) is 6.76. The Morgan fingerprint density at radius 3 is 2.26 bits per heavy atom. The van der Waals surface area contributed by atoms with Crippen molar-refractivity contribution in [3.05, 3.63) is 29.8 Å². The van der Waals surface area contributed by atoms with Crippen LogP contribution in [0.4, 0.5) is 0 Å². The van der Waals surface area contributed by atoms with Gasteiger partial charge in [0.15, 0.2) is 15.6 Å². The second-order valence-corrected chi connectivity index (χ2v) is 7.76. The average Bonchev–Trinajstić information content (AvgIpc) is 2.72. The number of Topliss-reactive ketones (excluding diaryl/α,β-unsaturated/α-hetero) is 1. The zero-order valence-corrected chi connectivity index (χ0v) is 12.4. The molecule has 0 aromatic heterocycles. The van der Waals surface area contributed by atoms with E-state index in [1.807, 2.05) is 20.8 Å². The van der Waals surface area contributed by atoms with Gasteiger partial charge in [-0.2, -0.15) is 0 Å². The minimum Gasteiger partial charge on any atom is -0.298 e. The number of carbonyl (C=O) groups is 1. The first-order chi connectivity index (χ1) is 8.84. The quantitative estimate of drug-likeness (QED) is 0.855. The fourth-order valence-electron chi connectivity index (χ4n) is 2.80. The number of benzene rings is 1. The topological polar surface area (TPSA) is 51.2 Å². The minimum atomic E-state index is -3.55. The van der Waals surface area contributed by atoms with Gasteiger partial charge in [0.05, 0.1) is 4.90 Å². The maximum Gasteiger partial charge on any atom is 0.188 e. The normalized spacial score (nSPS) is 24.1. The predicted molar refractivity (Wildman–Crippen MR) is 74.7 cm³/mol. The molecule has 2 rings (SSSR count). The van der Waals surface area contributed by atoms with Crippen LogP contribution in [0.15, 0.2) is 29.2 Å². The van der Waals surface area contributed by atoms with Gasteiger partial charge < -0.3 is 0 Å². The molecule has 0 unspecified atom stereocenters. The Morgan fingerprint density at radius 1 is 1.16 bits per heavy atom. The lowest BCUT2D eigenvalue weighted by atomic mass is 9.94. The number of aryl methyl sites for hydroxylation is 1. The molecule has 1 aliphatic rings. The van der Waals surface area contributed by atoms with Crippen molar-refractivity contribution in [1.29, 1.82) is 0 Å². The van der Waals surface area contributed by atoms with Crippen LogP contribution < -0.4 is 0 Å². The highest BCUT2D eigenvalue weighted by Gasteiger charge is 2.45. The first kappa shape index (κ1) is 14.3. The Kier molecular flexibility index (Phi) is 3.81. The van der Waals surface area contributed by atoms with Crippen LogP contribution in [0.1, 0.15) is 32.3 Å². The van der Waals surface area contributed by atoms with E-state index in [-0.39, 0.29) is 22.5 Å². The Morgan fingerprint density at radius 2 is 1.74 bits per heavy atom. The first-order valence-corrected chi connectivity index (χ1v) is 8.22. The highest BCUT2D eigenvalue weighted by molar-refractivity contribution is 7.92. The van der Waals surface area contributed by atoms with E-state index >= 15 is 0 Å². The van der Waals surface area contributed by atoms with Crippen molar-refractivity contribution < 1.29 is 13.2 Å². The van der Waals surface area contributed by atoms with E-state index in [0.717, 1.165) is 5.56 Å². The van der Waals surface area contributed by atoms with Crippen LogP contribution in [0, 0.1) is 18.8 Å². The lowest BCUT2D eigenvalue weighted by Gasteiger charge is -2.22. The van der Waals surface area contributed by atoms with Crippen molar-refractivity contribution in [2.24, 2.45) is 11.8 Å². The molecule has 0 spiro atoms. The molecular weight excluding hydrogens is 260 g/mol. The summed E-state index contributed by atoms with van der Waals surface area (Å²) in [6.45, 7) is 5.88. The standard InChI is InChI=1S/C15H20O3S/c1-10(2)13-8-9-14(16)15(13)19(17,18)12-6-4-11(3)5-7-12/h4-7,10,13,15H,8-9H2,1-3H3/t13-,15-/m1/s1. The third-order valence-corrected chi connectivity index (χ3v) is 6.18. The third kappa shape index (κ3) is 2.59. The van der Waals surface area contributed by atoms with Crippen molar-refractivity contribution in [2.75, 3.05) is 0 Å². The zero-order valence-electron chi connectivity index (χ0n) is 11.6. The number of hydrogen-bond donors (Lipinski definition) is 0. The lowest BCUT2D eigenvalue weighted by Crippen LogP contribution is -2.33. The molecule has 1 aromatic carbocycles. The SMILES string of the molecule is Cc1ccc(S(=O)(=O)[C@H]2C(=O)CC[C@@H]2C(C)C)cc1. The van der Waals surface area contributed by atoms with Crippen LogP contribution in [0.2, 0.25) is 0 Å². The Balaban J connectivity index is 2.43. The number of ketones is 1.